The van der Waals surface area contributed by atoms with Gasteiger partial charge in [-0.1, -0.05) is 60.1 Å². The first-order valence-electron chi connectivity index (χ1n) is 12.4. The molecule has 0 saturated heterocycles. The molecule has 0 atom stereocenters. The monoisotopic (exact) mass is 1040 g/mol. The summed E-state index contributed by atoms with van der Waals surface area (Å²) in [5.41, 5.74) is 1.61. The number of nitrogens with one attached hydrogen (secondary N) is 4. The molecule has 4 heterocycles. The molecule has 47 heavy (non-hydrogen) atoms. The second-order valence-corrected chi connectivity index (χ2v) is 11.3. The molecule has 3 amide bonds. The number of aromatic nitrogens is 2. The van der Waals surface area contributed by atoms with Crippen LogP contribution in [0.15, 0.2) is 116 Å². The van der Waals surface area contributed by atoms with Crippen LogP contribution in [0.5, 0.6) is 0 Å². The molecule has 12 nitrogen and oxygen atoms in total. The molecule has 0 bridgehead atoms. The van der Waals surface area contributed by atoms with Gasteiger partial charge in [-0.05, 0) is 48.5 Å². The van der Waals surface area contributed by atoms with Gasteiger partial charge in [0.25, 0.3) is 38.9 Å². The topological polar surface area (TPSA) is 188 Å². The molecule has 4 radical (unpaired) electrons. The van der Waals surface area contributed by atoms with Crippen LogP contribution in [0.2, 0.25) is 0 Å². The summed E-state index contributed by atoms with van der Waals surface area (Å²) in [4.78, 5) is 54.7. The first-order chi connectivity index (χ1) is 20.7. The summed E-state index contributed by atoms with van der Waals surface area (Å²) in [5, 5.41) is 5.83. The number of imide groups is 1. The molecule has 0 saturated carbocycles. The molecule has 6 aromatic rings. The van der Waals surface area contributed by atoms with E-state index in [-0.39, 0.29) is 123 Å². The molecule has 2 aromatic heterocycles. The fraction of sp³-hybridized carbons (Fsp3) is 0. The molecule has 0 fully saturated rings. The zero-order valence-corrected chi connectivity index (χ0v) is 30.6. The average molecular weight is 1050 g/mol. The van der Waals surface area contributed by atoms with Gasteiger partial charge >= 0.3 is 0 Å². The molecule has 4 N–H and O–H groups in total. The van der Waals surface area contributed by atoms with Crippen LogP contribution in [-0.4, -0.2) is 35.7 Å². The third-order valence-corrected chi connectivity index (χ3v) is 8.31. The van der Waals surface area contributed by atoms with Gasteiger partial charge in [-0.25, -0.2) is 13.1 Å². The zero-order valence-electron chi connectivity index (χ0n) is 23.0. The Bertz CT molecular complexity index is 2130. The molecule has 2 aliphatic heterocycles. The summed E-state index contributed by atoms with van der Waals surface area (Å²) in [5.74, 6) is -1.15. The van der Waals surface area contributed by atoms with Gasteiger partial charge in [0.05, 0.1) is 32.2 Å². The van der Waals surface area contributed by atoms with Gasteiger partial charge < -0.3 is 4.52 Å². The summed E-state index contributed by atoms with van der Waals surface area (Å²) in [7, 11) is -3.55. The molecule has 4 aromatic carbocycles. The molecular formula is C29H20Ag4N4O8S2. The average Bonchev–Trinajstić information content (AvgIpc) is 3.74. The van der Waals surface area contributed by atoms with Gasteiger partial charge in [-0.3, -0.25) is 33.7 Å². The summed E-state index contributed by atoms with van der Waals surface area (Å²) < 4.78 is 32.6. The summed E-state index contributed by atoms with van der Waals surface area (Å²) in [6.45, 7) is 0. The van der Waals surface area contributed by atoms with Crippen LogP contribution in [0.1, 0.15) is 31.1 Å². The van der Waals surface area contributed by atoms with Gasteiger partial charge in [0, 0.05) is 89.5 Å². The maximum Gasteiger partial charge on any atom is 0.287 e. The first-order valence-corrected chi connectivity index (χ1v) is 14.7. The van der Waals surface area contributed by atoms with Crippen LogP contribution >= 0.6 is 11.5 Å². The molecule has 0 spiro atoms. The van der Waals surface area contributed by atoms with Crippen LogP contribution in [0.25, 0.3) is 21.1 Å². The number of hydrogen-bond donors (Lipinski definition) is 4. The standard InChI is InChI=1S/C8H5NO2.C7H5NO3S.C7H5NO2.C7H5NOS.4Ag/c10-7-5-3-1-2-4-6(5)8(11)9-7;9-7-5-3-1-2-4-6(5)12(10,11)8-7;2*9-7-5-3-1-2-4-6(5)10-8-7;;;;/h1-4H,(H,9,10,11);1-4H,(H,8,9);2*1-4H,(H,8,9);;;;. The van der Waals surface area contributed by atoms with Gasteiger partial charge in [0.1, 0.15) is 4.90 Å². The van der Waals surface area contributed by atoms with Gasteiger partial charge in [0.15, 0.2) is 5.58 Å². The Morgan fingerprint density at radius 3 is 1.64 bits per heavy atom. The maximum atomic E-state index is 11.1. The van der Waals surface area contributed by atoms with E-state index in [1.807, 2.05) is 35.1 Å². The quantitative estimate of drug-likeness (QED) is 0.132. The van der Waals surface area contributed by atoms with E-state index in [9.17, 15) is 32.4 Å². The molecule has 18 heteroatoms. The van der Waals surface area contributed by atoms with Crippen molar-refractivity contribution in [2.24, 2.45) is 0 Å². The number of fused-ring (bicyclic) bond motifs is 4. The van der Waals surface area contributed by atoms with Gasteiger partial charge in [0.2, 0.25) is 0 Å². The Balaban J connectivity index is 0.000000305. The number of hydrogen-bond acceptors (Lipinski definition) is 9. The fourth-order valence-corrected chi connectivity index (χ4v) is 5.94. The molecule has 0 aliphatic carbocycles. The Morgan fingerprint density at radius 2 is 1.06 bits per heavy atom. The van der Waals surface area contributed by atoms with Gasteiger partial charge in [-0.15, -0.1) is 0 Å². The number of carbonyl (C=O) groups is 3. The number of rotatable bonds is 0. The molecule has 0 unspecified atom stereocenters. The Morgan fingerprint density at radius 1 is 0.553 bits per heavy atom. The number of aromatic amines is 2. The van der Waals surface area contributed by atoms with E-state index in [1.54, 1.807) is 54.6 Å². The molecular weight excluding hydrogens is 1030 g/mol. The molecule has 2 aliphatic rings. The maximum absolute atomic E-state index is 11.1. The van der Waals surface area contributed by atoms with Crippen molar-refractivity contribution in [2.45, 2.75) is 4.90 Å². The third kappa shape index (κ3) is 9.95. The Kier molecular flexibility index (Phi) is 16.9. The summed E-state index contributed by atoms with van der Waals surface area (Å²) in [6, 6.07) is 27.4. The second kappa shape index (κ2) is 18.8. The van der Waals surface area contributed by atoms with Crippen LogP contribution in [0, 0.1) is 0 Å². The number of amides is 3. The predicted molar refractivity (Wildman–Crippen MR) is 159 cm³/mol. The van der Waals surface area contributed by atoms with E-state index in [0.29, 0.717) is 22.1 Å². The van der Waals surface area contributed by atoms with Crippen LogP contribution in [0.4, 0.5) is 0 Å². The fourth-order valence-electron chi connectivity index (χ4n) is 4.04. The van der Waals surface area contributed by atoms with Crippen molar-refractivity contribution in [1.82, 2.24) is 19.6 Å². The van der Waals surface area contributed by atoms with Crippen molar-refractivity contribution in [2.75, 3.05) is 0 Å². The van der Waals surface area contributed by atoms with Crippen LogP contribution < -0.4 is 21.2 Å². The Labute approximate surface area is 332 Å². The normalized spacial score (nSPS) is 12.6. The van der Waals surface area contributed by atoms with Crippen molar-refractivity contribution in [3.63, 3.8) is 0 Å². The van der Waals surface area contributed by atoms with E-state index in [0.717, 1.165) is 10.1 Å². The van der Waals surface area contributed by atoms with Crippen LogP contribution in [-0.2, 0) is 99.5 Å². The summed E-state index contributed by atoms with van der Waals surface area (Å²) in [6.07, 6.45) is 0. The van der Waals surface area contributed by atoms with Gasteiger partial charge in [-0.2, -0.15) is 5.16 Å². The number of H-pyrrole nitrogens is 2. The Hall–Kier alpha value is -2.64. The van der Waals surface area contributed by atoms with E-state index in [4.69, 9.17) is 4.52 Å². The largest absolute Gasteiger partial charge is 0.378 e. The summed E-state index contributed by atoms with van der Waals surface area (Å²) >= 11 is 1.38. The van der Waals surface area contributed by atoms with E-state index in [2.05, 4.69) is 14.8 Å². The minimum atomic E-state index is -3.55. The number of carbonyl (C=O) groups excluding carboxylic acids is 3. The minimum Gasteiger partial charge on any atom is -0.378 e. The number of sulfonamides is 1. The smallest absolute Gasteiger partial charge is 0.287 e. The minimum absolute atomic E-state index is 0. The third-order valence-electron chi connectivity index (χ3n) is 6.06. The van der Waals surface area contributed by atoms with Crippen LogP contribution in [0.3, 0.4) is 0 Å². The first kappa shape index (κ1) is 42.4. The van der Waals surface area contributed by atoms with Crippen molar-refractivity contribution in [3.05, 3.63) is 134 Å². The number of benzene rings is 4. The van der Waals surface area contributed by atoms with Crippen molar-refractivity contribution >= 4 is 60.3 Å². The predicted octanol–water partition coefficient (Wildman–Crippen LogP) is 3.39. The molecule has 260 valence electrons. The SMILES string of the molecule is O=C1NC(=O)c2ccccc21.O=C1NS(=O)(=O)c2ccccc21.O=c1[nH]oc2ccccc12.O=c1[nH]sc2ccccc12.[Ag].[Ag].[Ag].[Ag]. The second-order valence-electron chi connectivity index (χ2n) is 8.82. The van der Waals surface area contributed by atoms with E-state index >= 15 is 0 Å². The van der Waals surface area contributed by atoms with Crippen molar-refractivity contribution in [1.29, 1.82) is 0 Å². The number of para-hydroxylation sites is 1. The van der Waals surface area contributed by atoms with E-state index < -0.39 is 15.9 Å². The van der Waals surface area contributed by atoms with Crippen molar-refractivity contribution in [3.8, 4) is 0 Å². The zero-order chi connectivity index (χ0) is 30.6. The van der Waals surface area contributed by atoms with E-state index in [1.165, 1.54) is 23.7 Å². The van der Waals surface area contributed by atoms with Crippen molar-refractivity contribution < 1.29 is 117 Å². The molecule has 8 rings (SSSR count).